The number of benzene rings is 1. The Kier molecular flexibility index (Phi) is 4.72. The second kappa shape index (κ2) is 6.80. The summed E-state index contributed by atoms with van der Waals surface area (Å²) in [4.78, 5) is 16.9. The van der Waals surface area contributed by atoms with Crippen LogP contribution in [0.3, 0.4) is 0 Å². The molecule has 0 unspecified atom stereocenters. The zero-order chi connectivity index (χ0) is 18.1. The third-order valence-corrected chi connectivity index (χ3v) is 5.16. The van der Waals surface area contributed by atoms with Crippen LogP contribution in [0.15, 0.2) is 23.6 Å². The fourth-order valence-electron chi connectivity index (χ4n) is 2.95. The van der Waals surface area contributed by atoms with Gasteiger partial charge in [-0.15, -0.1) is 11.3 Å². The summed E-state index contributed by atoms with van der Waals surface area (Å²) in [5, 5.41) is 9.87. The maximum atomic E-state index is 12.4. The molecule has 0 fully saturated rings. The van der Waals surface area contributed by atoms with Gasteiger partial charge < -0.3 is 5.32 Å². The molecule has 5 nitrogen and oxygen atoms in total. The van der Waals surface area contributed by atoms with Gasteiger partial charge in [0.15, 0.2) is 5.13 Å². The molecule has 0 saturated carbocycles. The van der Waals surface area contributed by atoms with Crippen molar-refractivity contribution in [2.24, 2.45) is 7.05 Å². The number of amides is 1. The minimum absolute atomic E-state index is 0.0688. The van der Waals surface area contributed by atoms with Gasteiger partial charge in [0.05, 0.1) is 17.8 Å². The first-order chi connectivity index (χ1) is 11.8. The summed E-state index contributed by atoms with van der Waals surface area (Å²) in [5.74, 6) is -0.0688. The van der Waals surface area contributed by atoms with E-state index in [1.807, 2.05) is 26.3 Å². The fourth-order valence-corrected chi connectivity index (χ4v) is 3.68. The lowest BCUT2D eigenvalue weighted by Crippen LogP contribution is -2.15. The number of nitrogens with zero attached hydrogens (tertiary/aromatic N) is 3. The molecule has 0 spiro atoms. The zero-order valence-corrected chi connectivity index (χ0v) is 16.0. The maximum Gasteiger partial charge on any atom is 0.230 e. The first-order valence-corrected chi connectivity index (χ1v) is 9.05. The van der Waals surface area contributed by atoms with E-state index in [2.05, 4.69) is 47.4 Å². The number of hydrogen-bond acceptors (Lipinski definition) is 4. The number of carbonyl (C=O) groups is 1. The number of anilines is 1. The Morgan fingerprint density at radius 2 is 2.00 bits per heavy atom. The molecule has 0 aliphatic carbocycles. The first kappa shape index (κ1) is 17.4. The normalized spacial score (nSPS) is 10.9. The first-order valence-electron chi connectivity index (χ1n) is 8.17. The largest absolute Gasteiger partial charge is 0.302 e. The maximum absolute atomic E-state index is 12.4. The molecule has 0 bridgehead atoms. The zero-order valence-electron chi connectivity index (χ0n) is 15.2. The van der Waals surface area contributed by atoms with Gasteiger partial charge in [0.2, 0.25) is 5.91 Å². The number of carbonyl (C=O) groups excluding carboxylic acids is 1. The van der Waals surface area contributed by atoms with Crippen LogP contribution < -0.4 is 5.32 Å². The second-order valence-corrected chi connectivity index (χ2v) is 7.21. The van der Waals surface area contributed by atoms with E-state index in [0.29, 0.717) is 11.6 Å². The van der Waals surface area contributed by atoms with E-state index in [1.165, 1.54) is 22.5 Å². The van der Waals surface area contributed by atoms with E-state index in [4.69, 9.17) is 0 Å². The summed E-state index contributed by atoms with van der Waals surface area (Å²) in [7, 11) is 1.89. The summed E-state index contributed by atoms with van der Waals surface area (Å²) in [6.45, 7) is 8.06. The van der Waals surface area contributed by atoms with Crippen molar-refractivity contribution in [3.05, 3.63) is 51.7 Å². The highest BCUT2D eigenvalue weighted by molar-refractivity contribution is 7.14. The third-order valence-electron chi connectivity index (χ3n) is 4.40. The lowest BCUT2D eigenvalue weighted by molar-refractivity contribution is -0.115. The number of thiazole rings is 1. The highest BCUT2D eigenvalue weighted by Gasteiger charge is 2.15. The molecule has 1 amide bonds. The predicted molar refractivity (Wildman–Crippen MR) is 102 cm³/mol. The van der Waals surface area contributed by atoms with Crippen molar-refractivity contribution in [3.63, 3.8) is 0 Å². The van der Waals surface area contributed by atoms with E-state index in [9.17, 15) is 4.79 Å². The van der Waals surface area contributed by atoms with Gasteiger partial charge in [0.1, 0.15) is 0 Å². The predicted octanol–water partition coefficient (Wildman–Crippen LogP) is 3.96. The van der Waals surface area contributed by atoms with Crippen LogP contribution in [0.5, 0.6) is 0 Å². The summed E-state index contributed by atoms with van der Waals surface area (Å²) in [5.41, 5.74) is 7.30. The van der Waals surface area contributed by atoms with Gasteiger partial charge in [-0.3, -0.25) is 9.48 Å². The van der Waals surface area contributed by atoms with Crippen LogP contribution in [0.1, 0.15) is 28.1 Å². The molecule has 0 aliphatic rings. The van der Waals surface area contributed by atoms with E-state index in [0.717, 1.165) is 28.2 Å². The molecule has 1 N–H and O–H groups in total. The minimum Gasteiger partial charge on any atom is -0.302 e. The second-order valence-electron chi connectivity index (χ2n) is 6.35. The molecule has 3 aromatic rings. The SMILES string of the molecule is Cc1ccc(-c2csc(NC(=O)Cc3c(C)nn(C)c3C)n2)c(C)c1. The number of aromatic nitrogens is 3. The lowest BCUT2D eigenvalue weighted by atomic mass is 10.0. The monoisotopic (exact) mass is 354 g/mol. The van der Waals surface area contributed by atoms with Crippen LogP contribution in [-0.2, 0) is 18.3 Å². The van der Waals surface area contributed by atoms with Crippen LogP contribution in [0.2, 0.25) is 0 Å². The molecule has 0 aliphatic heterocycles. The van der Waals surface area contributed by atoms with Crippen LogP contribution in [0, 0.1) is 27.7 Å². The molecule has 6 heteroatoms. The van der Waals surface area contributed by atoms with E-state index < -0.39 is 0 Å². The van der Waals surface area contributed by atoms with E-state index in [1.54, 1.807) is 4.68 Å². The Hall–Kier alpha value is -2.47. The van der Waals surface area contributed by atoms with Gasteiger partial charge >= 0.3 is 0 Å². The Morgan fingerprint density at radius 3 is 2.64 bits per heavy atom. The quantitative estimate of drug-likeness (QED) is 0.771. The van der Waals surface area contributed by atoms with Crippen molar-refractivity contribution in [2.75, 3.05) is 5.32 Å². The van der Waals surface area contributed by atoms with Crippen LogP contribution in [0.25, 0.3) is 11.3 Å². The standard InChI is InChI=1S/C19H22N4OS/c1-11-6-7-15(12(2)8-11)17-10-25-19(20-17)21-18(24)9-16-13(3)22-23(5)14(16)4/h6-8,10H,9H2,1-5H3,(H,20,21,24). The van der Waals surface area contributed by atoms with Crippen molar-refractivity contribution in [2.45, 2.75) is 34.1 Å². The molecule has 2 heterocycles. The average molecular weight is 354 g/mol. The minimum atomic E-state index is -0.0688. The topological polar surface area (TPSA) is 59.8 Å². The Bertz CT molecular complexity index is 939. The third kappa shape index (κ3) is 3.64. The van der Waals surface area contributed by atoms with E-state index >= 15 is 0 Å². The van der Waals surface area contributed by atoms with Crippen molar-refractivity contribution < 1.29 is 4.79 Å². The summed E-state index contributed by atoms with van der Waals surface area (Å²) in [6.07, 6.45) is 0.310. The summed E-state index contributed by atoms with van der Waals surface area (Å²) < 4.78 is 1.81. The Labute approximate surface area is 151 Å². The Morgan fingerprint density at radius 1 is 1.24 bits per heavy atom. The van der Waals surface area contributed by atoms with Crippen molar-refractivity contribution in [1.29, 1.82) is 0 Å². The van der Waals surface area contributed by atoms with Crippen molar-refractivity contribution >= 4 is 22.4 Å². The van der Waals surface area contributed by atoms with Crippen molar-refractivity contribution in [3.8, 4) is 11.3 Å². The molecule has 2 aromatic heterocycles. The molecule has 0 radical (unpaired) electrons. The average Bonchev–Trinajstić information content (AvgIpc) is 3.08. The van der Waals surface area contributed by atoms with Gasteiger partial charge in [-0.1, -0.05) is 23.8 Å². The van der Waals surface area contributed by atoms with Crippen LogP contribution >= 0.6 is 11.3 Å². The molecule has 0 atom stereocenters. The number of nitrogens with one attached hydrogen (secondary N) is 1. The molecular weight excluding hydrogens is 332 g/mol. The van der Waals surface area contributed by atoms with Gasteiger partial charge in [-0.05, 0) is 33.3 Å². The molecule has 3 rings (SSSR count). The number of rotatable bonds is 4. The van der Waals surface area contributed by atoms with Gasteiger partial charge in [-0.25, -0.2) is 4.98 Å². The van der Waals surface area contributed by atoms with Crippen LogP contribution in [-0.4, -0.2) is 20.7 Å². The molecule has 1 aromatic carbocycles. The Balaban J connectivity index is 1.74. The van der Waals surface area contributed by atoms with Crippen LogP contribution in [0.4, 0.5) is 5.13 Å². The molecule has 25 heavy (non-hydrogen) atoms. The number of hydrogen-bond donors (Lipinski definition) is 1. The molecular formula is C19H22N4OS. The van der Waals surface area contributed by atoms with Gasteiger partial charge in [0.25, 0.3) is 0 Å². The summed E-state index contributed by atoms with van der Waals surface area (Å²) in [6, 6.07) is 6.29. The molecule has 130 valence electrons. The fraction of sp³-hybridized carbons (Fsp3) is 0.316. The lowest BCUT2D eigenvalue weighted by Gasteiger charge is -2.04. The summed E-state index contributed by atoms with van der Waals surface area (Å²) >= 11 is 1.45. The highest BCUT2D eigenvalue weighted by atomic mass is 32.1. The number of aryl methyl sites for hydroxylation is 4. The highest BCUT2D eigenvalue weighted by Crippen LogP contribution is 2.28. The smallest absolute Gasteiger partial charge is 0.230 e. The molecule has 0 saturated heterocycles. The van der Waals surface area contributed by atoms with Gasteiger partial charge in [0, 0.05) is 29.2 Å². The van der Waals surface area contributed by atoms with Crippen molar-refractivity contribution in [1.82, 2.24) is 14.8 Å². The van der Waals surface area contributed by atoms with E-state index in [-0.39, 0.29) is 5.91 Å². The van der Waals surface area contributed by atoms with Gasteiger partial charge in [-0.2, -0.15) is 5.10 Å².